The third-order valence-corrected chi connectivity index (χ3v) is 3.05. The Morgan fingerprint density at radius 3 is 2.56 bits per heavy atom. The van der Waals surface area contributed by atoms with Gasteiger partial charge in [0.25, 0.3) is 5.91 Å². The van der Waals surface area contributed by atoms with E-state index >= 15 is 0 Å². The van der Waals surface area contributed by atoms with Gasteiger partial charge >= 0.3 is 0 Å². The van der Waals surface area contributed by atoms with Gasteiger partial charge in [0.1, 0.15) is 10.4 Å². The van der Waals surface area contributed by atoms with Crippen LogP contribution in [-0.4, -0.2) is 34.7 Å². The van der Waals surface area contributed by atoms with Crippen LogP contribution in [-0.2, 0) is 4.79 Å². The first-order valence-electron chi connectivity index (χ1n) is 5.09. The molecular weight excluding hydrogens is 272 g/mol. The third-order valence-electron chi connectivity index (χ3n) is 2.58. The number of carbonyl (C=O) groups excluding carboxylic acids is 2. The molecule has 0 atom stereocenters. The van der Waals surface area contributed by atoms with Crippen molar-refractivity contribution in [2.75, 3.05) is 13.1 Å². The highest BCUT2D eigenvalue weighted by atomic mass is 79.9. The van der Waals surface area contributed by atoms with Crippen LogP contribution < -0.4 is 0 Å². The molecule has 2 heterocycles. The first-order valence-corrected chi connectivity index (χ1v) is 5.88. The largest absolute Gasteiger partial charge is 0.338 e. The molecule has 0 radical (unpaired) electrons. The van der Waals surface area contributed by atoms with Gasteiger partial charge in [0, 0.05) is 32.1 Å². The van der Waals surface area contributed by atoms with E-state index in [4.69, 9.17) is 0 Å². The molecule has 1 aromatic heterocycles. The Kier molecular flexibility index (Phi) is 3.33. The zero-order valence-electron chi connectivity index (χ0n) is 8.65. The Morgan fingerprint density at radius 1 is 1.31 bits per heavy atom. The SMILES string of the molecule is O=C1CCN(C(=O)c2ccc(Br)nc2)CC1. The Balaban J connectivity index is 2.07. The number of Topliss-reactive ketones (excluding diaryl/α,β-unsaturated/α-hetero) is 1. The lowest BCUT2D eigenvalue weighted by Crippen LogP contribution is -2.38. The topological polar surface area (TPSA) is 50.3 Å². The molecule has 16 heavy (non-hydrogen) atoms. The maximum absolute atomic E-state index is 12.0. The summed E-state index contributed by atoms with van der Waals surface area (Å²) in [5.41, 5.74) is 0.567. The molecule has 5 heteroatoms. The molecule has 0 unspecified atom stereocenters. The fourth-order valence-electron chi connectivity index (χ4n) is 1.64. The number of hydrogen-bond acceptors (Lipinski definition) is 3. The predicted molar refractivity (Wildman–Crippen MR) is 62.1 cm³/mol. The number of hydrogen-bond donors (Lipinski definition) is 0. The van der Waals surface area contributed by atoms with E-state index in [-0.39, 0.29) is 11.7 Å². The summed E-state index contributed by atoms with van der Waals surface area (Å²) in [6.45, 7) is 1.04. The molecule has 0 aliphatic carbocycles. The monoisotopic (exact) mass is 282 g/mol. The molecule has 1 aliphatic heterocycles. The number of halogens is 1. The molecule has 0 saturated carbocycles. The van der Waals surface area contributed by atoms with Crippen molar-refractivity contribution in [1.29, 1.82) is 0 Å². The standard InChI is InChI=1S/C11H11BrN2O2/c12-10-2-1-8(7-13-10)11(16)14-5-3-9(15)4-6-14/h1-2,7H,3-6H2. The second kappa shape index (κ2) is 4.74. The second-order valence-electron chi connectivity index (χ2n) is 3.70. The molecule has 0 bridgehead atoms. The maximum Gasteiger partial charge on any atom is 0.255 e. The van der Waals surface area contributed by atoms with Crippen LogP contribution in [0.2, 0.25) is 0 Å². The molecule has 0 spiro atoms. The summed E-state index contributed by atoms with van der Waals surface area (Å²) in [4.78, 5) is 28.7. The molecule has 0 aromatic carbocycles. The molecule has 0 N–H and O–H groups in total. The molecular formula is C11H11BrN2O2. The number of nitrogens with zero attached hydrogens (tertiary/aromatic N) is 2. The fourth-order valence-corrected chi connectivity index (χ4v) is 1.88. The molecule has 1 saturated heterocycles. The van der Waals surface area contributed by atoms with E-state index in [2.05, 4.69) is 20.9 Å². The van der Waals surface area contributed by atoms with Gasteiger partial charge < -0.3 is 4.90 Å². The van der Waals surface area contributed by atoms with Gasteiger partial charge in [-0.05, 0) is 28.1 Å². The summed E-state index contributed by atoms with van der Waals surface area (Å²) in [5, 5.41) is 0. The molecule has 1 fully saturated rings. The highest BCUT2D eigenvalue weighted by Gasteiger charge is 2.21. The number of carbonyl (C=O) groups is 2. The third kappa shape index (κ3) is 2.47. The van der Waals surface area contributed by atoms with Crippen LogP contribution in [0.3, 0.4) is 0 Å². The van der Waals surface area contributed by atoms with Gasteiger partial charge in [-0.1, -0.05) is 0 Å². The van der Waals surface area contributed by atoms with Crippen molar-refractivity contribution in [2.45, 2.75) is 12.8 Å². The Labute approximate surface area is 102 Å². The summed E-state index contributed by atoms with van der Waals surface area (Å²) in [6, 6.07) is 3.47. The van der Waals surface area contributed by atoms with E-state index in [0.717, 1.165) is 0 Å². The fraction of sp³-hybridized carbons (Fsp3) is 0.364. The lowest BCUT2D eigenvalue weighted by molar-refractivity contribution is -0.120. The van der Waals surface area contributed by atoms with Crippen molar-refractivity contribution in [1.82, 2.24) is 9.88 Å². The first kappa shape index (κ1) is 11.3. The van der Waals surface area contributed by atoms with E-state index in [0.29, 0.717) is 36.1 Å². The maximum atomic E-state index is 12.0. The molecule has 2 rings (SSSR count). The van der Waals surface area contributed by atoms with Crippen molar-refractivity contribution < 1.29 is 9.59 Å². The normalized spacial score (nSPS) is 16.3. The minimum Gasteiger partial charge on any atom is -0.338 e. The quantitative estimate of drug-likeness (QED) is 0.736. The Morgan fingerprint density at radius 2 is 2.00 bits per heavy atom. The highest BCUT2D eigenvalue weighted by molar-refractivity contribution is 9.10. The number of amides is 1. The van der Waals surface area contributed by atoms with Gasteiger partial charge in [-0.2, -0.15) is 0 Å². The van der Waals surface area contributed by atoms with Crippen molar-refractivity contribution in [3.63, 3.8) is 0 Å². The lowest BCUT2D eigenvalue weighted by Gasteiger charge is -2.25. The van der Waals surface area contributed by atoms with E-state index in [9.17, 15) is 9.59 Å². The van der Waals surface area contributed by atoms with Gasteiger partial charge in [-0.25, -0.2) is 4.98 Å². The molecule has 84 valence electrons. The average molecular weight is 283 g/mol. The summed E-state index contributed by atoms with van der Waals surface area (Å²) < 4.78 is 0.706. The Bertz CT molecular complexity index is 406. The zero-order valence-corrected chi connectivity index (χ0v) is 10.2. The summed E-state index contributed by atoms with van der Waals surface area (Å²) >= 11 is 3.22. The number of piperidine rings is 1. The minimum absolute atomic E-state index is 0.0486. The molecule has 1 aliphatic rings. The van der Waals surface area contributed by atoms with Gasteiger partial charge in [0.15, 0.2) is 0 Å². The summed E-state index contributed by atoms with van der Waals surface area (Å²) in [5.74, 6) is 0.186. The van der Waals surface area contributed by atoms with Crippen LogP contribution in [0.1, 0.15) is 23.2 Å². The van der Waals surface area contributed by atoms with Gasteiger partial charge in [-0.3, -0.25) is 9.59 Å². The highest BCUT2D eigenvalue weighted by Crippen LogP contribution is 2.12. The zero-order chi connectivity index (χ0) is 11.5. The van der Waals surface area contributed by atoms with Crippen molar-refractivity contribution in [3.05, 3.63) is 28.5 Å². The van der Waals surface area contributed by atoms with Crippen molar-refractivity contribution in [2.24, 2.45) is 0 Å². The smallest absolute Gasteiger partial charge is 0.255 e. The van der Waals surface area contributed by atoms with Crippen LogP contribution in [0, 0.1) is 0 Å². The number of likely N-dealkylation sites (tertiary alicyclic amines) is 1. The summed E-state index contributed by atoms with van der Waals surface area (Å²) in [7, 11) is 0. The Hall–Kier alpha value is -1.23. The van der Waals surface area contributed by atoms with E-state index < -0.39 is 0 Å². The van der Waals surface area contributed by atoms with Crippen LogP contribution in [0.5, 0.6) is 0 Å². The van der Waals surface area contributed by atoms with Crippen LogP contribution >= 0.6 is 15.9 Å². The number of ketones is 1. The van der Waals surface area contributed by atoms with Gasteiger partial charge in [0.05, 0.1) is 5.56 Å². The van der Waals surface area contributed by atoms with Crippen LogP contribution in [0.15, 0.2) is 22.9 Å². The van der Waals surface area contributed by atoms with Crippen molar-refractivity contribution >= 4 is 27.6 Å². The van der Waals surface area contributed by atoms with Crippen LogP contribution in [0.25, 0.3) is 0 Å². The van der Waals surface area contributed by atoms with Crippen molar-refractivity contribution in [3.8, 4) is 0 Å². The van der Waals surface area contributed by atoms with E-state index in [1.54, 1.807) is 23.2 Å². The van der Waals surface area contributed by atoms with Gasteiger partial charge in [-0.15, -0.1) is 0 Å². The minimum atomic E-state index is -0.0486. The van der Waals surface area contributed by atoms with Crippen LogP contribution in [0.4, 0.5) is 0 Å². The number of rotatable bonds is 1. The number of aromatic nitrogens is 1. The molecule has 4 nitrogen and oxygen atoms in total. The summed E-state index contributed by atoms with van der Waals surface area (Å²) in [6.07, 6.45) is 2.48. The lowest BCUT2D eigenvalue weighted by atomic mass is 10.1. The predicted octanol–water partition coefficient (Wildman–Crippen LogP) is 1.65. The van der Waals surface area contributed by atoms with E-state index in [1.165, 1.54) is 0 Å². The second-order valence-corrected chi connectivity index (χ2v) is 4.51. The first-order chi connectivity index (χ1) is 7.66. The number of pyridine rings is 1. The van der Waals surface area contributed by atoms with Gasteiger partial charge in [0.2, 0.25) is 0 Å². The average Bonchev–Trinajstić information content (AvgIpc) is 2.30. The van der Waals surface area contributed by atoms with E-state index in [1.807, 2.05) is 0 Å². The molecule has 1 aromatic rings. The molecule has 1 amide bonds.